The van der Waals surface area contributed by atoms with Crippen LogP contribution in [0, 0.1) is 0 Å². The molecule has 7 aromatic rings. The van der Waals surface area contributed by atoms with E-state index >= 15 is 0 Å². The zero-order valence-corrected chi connectivity index (χ0v) is 37.5. The van der Waals surface area contributed by atoms with E-state index in [1.165, 1.54) is 55.6 Å². The molecule has 7 aromatic carbocycles. The lowest BCUT2D eigenvalue weighted by Crippen LogP contribution is -2.12. The number of hydrogen-bond acceptors (Lipinski definition) is 0. The maximum Gasteiger partial charge on any atom is -0.0126 e. The van der Waals surface area contributed by atoms with Gasteiger partial charge < -0.3 is 0 Å². The van der Waals surface area contributed by atoms with Crippen molar-refractivity contribution in [1.29, 1.82) is 0 Å². The predicted molar refractivity (Wildman–Crippen MR) is 257 cm³/mol. The SMILES string of the molecule is CC(C)(C)c1ccc(-c2ccccc2)cc1.CC(C)(C)c1cccc(-c2ccccc2)c1.CC(C)(C)c1ccccc1.CC(C)(C)c1ccccc1-c1ccccc1. The zero-order valence-electron chi connectivity index (χ0n) is 37.5. The molecular weight excluding hydrogens is 697 g/mol. The van der Waals surface area contributed by atoms with Gasteiger partial charge in [-0.3, -0.25) is 0 Å². The van der Waals surface area contributed by atoms with Crippen molar-refractivity contribution in [1.82, 2.24) is 0 Å². The maximum atomic E-state index is 2.29. The third kappa shape index (κ3) is 14.2. The van der Waals surface area contributed by atoms with Crippen LogP contribution >= 0.6 is 0 Å². The smallest absolute Gasteiger partial charge is 0.0126 e. The Bertz CT molecular complexity index is 2200. The minimum Gasteiger partial charge on any atom is -0.0622 e. The van der Waals surface area contributed by atoms with Gasteiger partial charge in [-0.1, -0.05) is 277 Å². The number of rotatable bonds is 3. The van der Waals surface area contributed by atoms with Crippen molar-refractivity contribution in [3.05, 3.63) is 216 Å². The van der Waals surface area contributed by atoms with Gasteiger partial charge >= 0.3 is 0 Å². The van der Waals surface area contributed by atoms with E-state index in [1.807, 2.05) is 6.07 Å². The second-order valence-electron chi connectivity index (χ2n) is 19.2. The van der Waals surface area contributed by atoms with E-state index in [9.17, 15) is 0 Å². The third-order valence-electron chi connectivity index (χ3n) is 10.2. The standard InChI is InChI=1S/3C16H18.C10H14/c1-16(2,3)15-12-8-7-11-14(15)13-9-5-4-6-10-13;1-16(2,3)15-11-7-10-14(12-15)13-8-5-4-6-9-13;1-16(2,3)15-11-9-14(10-12-15)13-7-5-4-6-8-13;1-10(2,3)9-7-5-4-6-8-9/h3*4-12H,1-3H3;4-8H,1-3H3. The van der Waals surface area contributed by atoms with E-state index in [2.05, 4.69) is 271 Å². The Kier molecular flexibility index (Phi) is 15.8. The van der Waals surface area contributed by atoms with Crippen LogP contribution in [0.5, 0.6) is 0 Å². The van der Waals surface area contributed by atoms with Gasteiger partial charge in [-0.2, -0.15) is 0 Å². The summed E-state index contributed by atoms with van der Waals surface area (Å²) in [7, 11) is 0. The molecule has 0 atom stereocenters. The summed E-state index contributed by atoms with van der Waals surface area (Å²) < 4.78 is 0. The van der Waals surface area contributed by atoms with Gasteiger partial charge in [0.2, 0.25) is 0 Å². The highest BCUT2D eigenvalue weighted by Gasteiger charge is 2.18. The summed E-state index contributed by atoms with van der Waals surface area (Å²) in [6.07, 6.45) is 0. The van der Waals surface area contributed by atoms with Crippen molar-refractivity contribution in [2.24, 2.45) is 0 Å². The van der Waals surface area contributed by atoms with Gasteiger partial charge in [-0.15, -0.1) is 0 Å². The molecule has 0 heterocycles. The van der Waals surface area contributed by atoms with Gasteiger partial charge in [0.1, 0.15) is 0 Å². The number of benzene rings is 7. The van der Waals surface area contributed by atoms with Crippen molar-refractivity contribution in [2.45, 2.75) is 105 Å². The fourth-order valence-electron chi connectivity index (χ4n) is 6.53. The van der Waals surface area contributed by atoms with Crippen molar-refractivity contribution in [2.75, 3.05) is 0 Å². The Labute approximate surface area is 353 Å². The van der Waals surface area contributed by atoms with Crippen LogP contribution in [0.1, 0.15) is 105 Å². The summed E-state index contributed by atoms with van der Waals surface area (Å²) >= 11 is 0. The summed E-state index contributed by atoms with van der Waals surface area (Å²) in [5.74, 6) is 0. The van der Waals surface area contributed by atoms with Crippen LogP contribution < -0.4 is 0 Å². The molecule has 0 bridgehead atoms. The maximum absolute atomic E-state index is 2.29. The lowest BCUT2D eigenvalue weighted by molar-refractivity contribution is 0.590. The summed E-state index contributed by atoms with van der Waals surface area (Å²) in [5.41, 5.74) is 14.3. The fraction of sp³-hybridized carbons (Fsp3) is 0.276. The molecule has 0 saturated heterocycles. The lowest BCUT2D eigenvalue weighted by Gasteiger charge is -2.23. The molecule has 0 saturated carbocycles. The molecule has 0 unspecified atom stereocenters. The molecule has 58 heavy (non-hydrogen) atoms. The molecule has 0 heteroatoms. The molecular formula is C58H68. The van der Waals surface area contributed by atoms with Crippen LogP contribution in [0.3, 0.4) is 0 Å². The quantitative estimate of drug-likeness (QED) is 0.168. The summed E-state index contributed by atoms with van der Waals surface area (Å²) in [6.45, 7) is 26.9. The molecule has 0 N–H and O–H groups in total. The van der Waals surface area contributed by atoms with Gasteiger partial charge in [0.15, 0.2) is 0 Å². The normalized spacial score (nSPS) is 11.4. The molecule has 0 aliphatic heterocycles. The van der Waals surface area contributed by atoms with Crippen molar-refractivity contribution in [3.63, 3.8) is 0 Å². The summed E-state index contributed by atoms with van der Waals surface area (Å²) in [5, 5.41) is 0. The van der Waals surface area contributed by atoms with E-state index in [-0.39, 0.29) is 16.2 Å². The van der Waals surface area contributed by atoms with Crippen molar-refractivity contribution < 1.29 is 0 Å². The van der Waals surface area contributed by atoms with Gasteiger partial charge in [0.05, 0.1) is 0 Å². The first-order chi connectivity index (χ1) is 27.3. The molecule has 0 spiro atoms. The molecule has 0 aliphatic rings. The van der Waals surface area contributed by atoms with Gasteiger partial charge in [-0.25, -0.2) is 0 Å². The highest BCUT2D eigenvalue weighted by atomic mass is 14.2. The Morgan fingerprint density at radius 2 is 0.552 bits per heavy atom. The predicted octanol–water partition coefficient (Wildman–Crippen LogP) is 16.9. The van der Waals surface area contributed by atoms with Crippen molar-refractivity contribution in [3.8, 4) is 33.4 Å². The molecule has 300 valence electrons. The largest absolute Gasteiger partial charge is 0.0622 e. The Balaban J connectivity index is 0.000000174. The topological polar surface area (TPSA) is 0 Å². The Morgan fingerprint density at radius 3 is 0.983 bits per heavy atom. The molecule has 0 fully saturated rings. The lowest BCUT2D eigenvalue weighted by atomic mass is 9.82. The molecule has 0 nitrogen and oxygen atoms in total. The summed E-state index contributed by atoms with van der Waals surface area (Å²) in [4.78, 5) is 0. The zero-order chi connectivity index (χ0) is 42.4. The second-order valence-corrected chi connectivity index (χ2v) is 19.2. The molecule has 0 aliphatic carbocycles. The first kappa shape index (κ1) is 45.2. The minimum absolute atomic E-state index is 0.187. The average molecular weight is 765 g/mol. The van der Waals surface area contributed by atoms with Gasteiger partial charge in [-0.05, 0) is 77.3 Å². The molecule has 0 radical (unpaired) electrons. The summed E-state index contributed by atoms with van der Waals surface area (Å²) in [6, 6.07) is 68.5. The van der Waals surface area contributed by atoms with Crippen LogP contribution in [0.25, 0.3) is 33.4 Å². The van der Waals surface area contributed by atoms with E-state index < -0.39 is 0 Å². The van der Waals surface area contributed by atoms with E-state index in [1.54, 1.807) is 0 Å². The average Bonchev–Trinajstić information content (AvgIpc) is 3.22. The minimum atomic E-state index is 0.187. The van der Waals surface area contributed by atoms with Crippen LogP contribution in [-0.4, -0.2) is 0 Å². The highest BCUT2D eigenvalue weighted by molar-refractivity contribution is 5.69. The van der Waals surface area contributed by atoms with Crippen LogP contribution in [0.4, 0.5) is 0 Å². The first-order valence-corrected chi connectivity index (χ1v) is 20.9. The third-order valence-corrected chi connectivity index (χ3v) is 10.2. The van der Waals surface area contributed by atoms with Crippen molar-refractivity contribution >= 4 is 0 Å². The Hall–Kier alpha value is -5.46. The highest BCUT2D eigenvalue weighted by Crippen LogP contribution is 2.33. The van der Waals surface area contributed by atoms with Gasteiger partial charge in [0, 0.05) is 0 Å². The molecule has 7 rings (SSSR count). The second kappa shape index (κ2) is 20.3. The fourth-order valence-corrected chi connectivity index (χ4v) is 6.53. The van der Waals surface area contributed by atoms with Crippen LogP contribution in [0.2, 0.25) is 0 Å². The first-order valence-electron chi connectivity index (χ1n) is 20.9. The van der Waals surface area contributed by atoms with E-state index in [0.717, 1.165) is 0 Å². The Morgan fingerprint density at radius 1 is 0.224 bits per heavy atom. The van der Waals surface area contributed by atoms with Crippen LogP contribution in [-0.2, 0) is 21.7 Å². The molecule has 0 amide bonds. The van der Waals surface area contributed by atoms with Gasteiger partial charge in [0.25, 0.3) is 0 Å². The van der Waals surface area contributed by atoms with Crippen LogP contribution in [0.15, 0.2) is 194 Å². The number of hydrogen-bond donors (Lipinski definition) is 0. The molecule has 0 aromatic heterocycles. The van der Waals surface area contributed by atoms with E-state index in [0.29, 0.717) is 5.41 Å². The monoisotopic (exact) mass is 765 g/mol. The van der Waals surface area contributed by atoms with E-state index in [4.69, 9.17) is 0 Å².